The average Bonchev–Trinajstić information content (AvgIpc) is 2.99. The number of aldehydes is 1. The highest BCUT2D eigenvalue weighted by Gasteiger charge is 2.66. The molecular weight excluding hydrogens is 318 g/mol. The molecule has 1 fully saturated rings. The molecule has 0 radical (unpaired) electrons. The third-order valence-electron chi connectivity index (χ3n) is 3.53. The Morgan fingerprint density at radius 3 is 2.59 bits per heavy atom. The molecular formula is C13H13ClF2N4O2. The van der Waals surface area contributed by atoms with Crippen molar-refractivity contribution < 1.29 is 18.4 Å². The number of nitrogens with one attached hydrogen (secondary N) is 2. The van der Waals surface area contributed by atoms with Crippen LogP contribution < -0.4 is 10.6 Å². The highest BCUT2D eigenvalue weighted by Crippen LogP contribution is 2.62. The molecule has 6 nitrogen and oxygen atoms in total. The van der Waals surface area contributed by atoms with Gasteiger partial charge in [-0.1, -0.05) is 18.5 Å². The molecule has 9 heteroatoms. The molecule has 0 spiro atoms. The Labute approximate surface area is 129 Å². The fraction of sp³-hybridized carbons (Fsp3) is 0.385. The molecule has 0 saturated heterocycles. The van der Waals surface area contributed by atoms with Crippen molar-refractivity contribution in [1.82, 2.24) is 20.8 Å². The fourth-order valence-electron chi connectivity index (χ4n) is 2.09. The maximum Gasteiger partial charge on any atom is 0.318 e. The number of rotatable bonds is 4. The second kappa shape index (κ2) is 5.96. The minimum Gasteiger partial charge on any atom is -0.341 e. The molecule has 0 bridgehead atoms. The Balaban J connectivity index is 2.33. The smallest absolute Gasteiger partial charge is 0.318 e. The van der Waals surface area contributed by atoms with E-state index in [0.717, 1.165) is 6.20 Å². The molecule has 1 heterocycles. The molecule has 2 atom stereocenters. The maximum absolute atomic E-state index is 13.5. The number of hydrogen-bond acceptors (Lipinski definition) is 4. The van der Waals surface area contributed by atoms with E-state index in [1.54, 1.807) is 0 Å². The van der Waals surface area contributed by atoms with Gasteiger partial charge in [0.15, 0.2) is 11.4 Å². The first-order chi connectivity index (χ1) is 10.3. The Bertz CT molecular complexity index is 651. The van der Waals surface area contributed by atoms with Crippen LogP contribution in [0.5, 0.6) is 0 Å². The third kappa shape index (κ3) is 2.92. The van der Waals surface area contributed by atoms with E-state index in [4.69, 9.17) is 11.6 Å². The van der Waals surface area contributed by atoms with Gasteiger partial charge in [0.05, 0.1) is 17.2 Å². The Morgan fingerprint density at radius 1 is 1.45 bits per heavy atom. The van der Waals surface area contributed by atoms with Gasteiger partial charge < -0.3 is 10.6 Å². The number of urea groups is 1. The molecule has 22 heavy (non-hydrogen) atoms. The lowest BCUT2D eigenvalue weighted by Gasteiger charge is -2.05. The number of halogens is 3. The summed E-state index contributed by atoms with van der Waals surface area (Å²) in [6, 6.07) is 0.757. The van der Waals surface area contributed by atoms with E-state index in [-0.39, 0.29) is 22.0 Å². The molecule has 118 valence electrons. The lowest BCUT2D eigenvalue weighted by atomic mass is 10.1. The average molecular weight is 331 g/mol. The first kappa shape index (κ1) is 16.3. The van der Waals surface area contributed by atoms with Gasteiger partial charge in [0.1, 0.15) is 0 Å². The van der Waals surface area contributed by atoms with Gasteiger partial charge >= 0.3 is 6.03 Å². The number of alkyl halides is 2. The summed E-state index contributed by atoms with van der Waals surface area (Å²) in [6.45, 7) is 1.41. The summed E-state index contributed by atoms with van der Waals surface area (Å²) >= 11 is 5.83. The fourth-order valence-corrected chi connectivity index (χ4v) is 2.30. The van der Waals surface area contributed by atoms with Crippen molar-refractivity contribution in [2.45, 2.75) is 18.8 Å². The molecule has 2 amide bonds. The molecule has 1 aromatic rings. The number of carbonyl (C=O) groups is 2. The minimum atomic E-state index is -2.85. The number of carbonyl (C=O) groups excluding carboxylic acids is 2. The lowest BCUT2D eigenvalue weighted by Crippen LogP contribution is -2.28. The van der Waals surface area contributed by atoms with Crippen LogP contribution in [0.4, 0.5) is 13.6 Å². The highest BCUT2D eigenvalue weighted by molar-refractivity contribution is 6.30. The van der Waals surface area contributed by atoms with Gasteiger partial charge in [0, 0.05) is 24.7 Å². The van der Waals surface area contributed by atoms with E-state index in [9.17, 15) is 18.4 Å². The van der Waals surface area contributed by atoms with E-state index < -0.39 is 23.8 Å². The van der Waals surface area contributed by atoms with Gasteiger partial charge in [-0.2, -0.15) is 0 Å². The largest absolute Gasteiger partial charge is 0.341 e. The summed E-state index contributed by atoms with van der Waals surface area (Å²) in [6.07, 6.45) is 1.55. The summed E-state index contributed by atoms with van der Waals surface area (Å²) < 4.78 is 27.0. The Hall–Kier alpha value is -2.09. The Morgan fingerprint density at radius 2 is 2.09 bits per heavy atom. The van der Waals surface area contributed by atoms with Crippen LogP contribution in [0.15, 0.2) is 12.3 Å². The second-order valence-electron chi connectivity index (χ2n) is 4.86. The van der Waals surface area contributed by atoms with Gasteiger partial charge in [0.25, 0.3) is 5.92 Å². The molecule has 0 aliphatic heterocycles. The SMILES string of the molecule is CNC(=O)N/C=C(\C=O)c1cc(C2[C@@H](C)C2(F)F)c(Cl)nn1. The van der Waals surface area contributed by atoms with Crippen molar-refractivity contribution in [3.05, 3.63) is 28.7 Å². The van der Waals surface area contributed by atoms with Gasteiger partial charge in [-0.3, -0.25) is 4.79 Å². The molecule has 2 rings (SSSR count). The number of hydrogen-bond donors (Lipinski definition) is 2. The molecule has 1 aliphatic rings. The van der Waals surface area contributed by atoms with E-state index in [1.165, 1.54) is 20.0 Å². The normalized spacial score (nSPS) is 22.9. The third-order valence-corrected chi connectivity index (χ3v) is 3.83. The molecule has 1 aromatic heterocycles. The minimum absolute atomic E-state index is 0.00867. The number of aromatic nitrogens is 2. The van der Waals surface area contributed by atoms with Crippen LogP contribution in [-0.4, -0.2) is 35.5 Å². The first-order valence-electron chi connectivity index (χ1n) is 6.37. The van der Waals surface area contributed by atoms with E-state index in [2.05, 4.69) is 20.8 Å². The predicted molar refractivity (Wildman–Crippen MR) is 75.5 cm³/mol. The zero-order chi connectivity index (χ0) is 16.5. The zero-order valence-electron chi connectivity index (χ0n) is 11.7. The van der Waals surface area contributed by atoms with Gasteiger partial charge in [-0.25, -0.2) is 13.6 Å². The summed E-state index contributed by atoms with van der Waals surface area (Å²) in [4.78, 5) is 22.2. The highest BCUT2D eigenvalue weighted by atomic mass is 35.5. The molecule has 0 aromatic carbocycles. The summed E-state index contributed by atoms with van der Waals surface area (Å²) in [5.74, 6) is -4.75. The van der Waals surface area contributed by atoms with E-state index >= 15 is 0 Å². The lowest BCUT2D eigenvalue weighted by molar-refractivity contribution is -0.103. The van der Waals surface area contributed by atoms with Crippen molar-refractivity contribution in [2.75, 3.05) is 7.05 Å². The van der Waals surface area contributed by atoms with E-state index in [1.807, 2.05) is 0 Å². The van der Waals surface area contributed by atoms with Gasteiger partial charge in [0.2, 0.25) is 0 Å². The number of amides is 2. The standard InChI is InChI=1S/C13H13ClF2N4O2/c1-6-10(13(6,15)16)8-3-9(19-20-11(8)14)7(5-21)4-18-12(22)17-2/h3-6,10H,1-2H3,(H2,17,18,22)/b7-4+/t6-,10?/m1/s1. The van der Waals surface area contributed by atoms with Gasteiger partial charge in [-0.05, 0) is 6.07 Å². The topological polar surface area (TPSA) is 84.0 Å². The second-order valence-corrected chi connectivity index (χ2v) is 5.22. The molecule has 2 N–H and O–H groups in total. The zero-order valence-corrected chi connectivity index (χ0v) is 12.5. The molecule has 1 unspecified atom stereocenters. The summed E-state index contributed by atoms with van der Waals surface area (Å²) in [5.41, 5.74) is 0.184. The molecule has 1 aliphatic carbocycles. The van der Waals surface area contributed by atoms with Crippen molar-refractivity contribution >= 4 is 29.5 Å². The Kier molecular flexibility index (Phi) is 4.41. The van der Waals surface area contributed by atoms with Crippen LogP contribution in [0.3, 0.4) is 0 Å². The van der Waals surface area contributed by atoms with Crippen LogP contribution in [0.1, 0.15) is 24.1 Å². The predicted octanol–water partition coefficient (Wildman–Crippen LogP) is 1.97. The summed E-state index contributed by atoms with van der Waals surface area (Å²) in [5, 5.41) is 11.8. The maximum atomic E-state index is 13.5. The van der Waals surface area contributed by atoms with Crippen LogP contribution in [0.25, 0.3) is 5.57 Å². The van der Waals surface area contributed by atoms with Gasteiger partial charge in [-0.15, -0.1) is 10.2 Å². The molecule has 1 saturated carbocycles. The van der Waals surface area contributed by atoms with Crippen molar-refractivity contribution in [3.8, 4) is 0 Å². The number of nitrogens with zero attached hydrogens (tertiary/aromatic N) is 2. The van der Waals surface area contributed by atoms with Crippen molar-refractivity contribution in [3.63, 3.8) is 0 Å². The van der Waals surface area contributed by atoms with Crippen LogP contribution in [-0.2, 0) is 4.79 Å². The van der Waals surface area contributed by atoms with Crippen LogP contribution >= 0.6 is 11.6 Å². The van der Waals surface area contributed by atoms with Crippen molar-refractivity contribution in [2.24, 2.45) is 5.92 Å². The number of allylic oxidation sites excluding steroid dienone is 1. The quantitative estimate of drug-likeness (QED) is 0.653. The van der Waals surface area contributed by atoms with E-state index in [0.29, 0.717) is 6.29 Å². The first-order valence-corrected chi connectivity index (χ1v) is 6.75. The van der Waals surface area contributed by atoms with Crippen LogP contribution in [0.2, 0.25) is 5.15 Å². The van der Waals surface area contributed by atoms with Crippen LogP contribution in [0, 0.1) is 5.92 Å². The van der Waals surface area contributed by atoms with Crippen molar-refractivity contribution in [1.29, 1.82) is 0 Å². The monoisotopic (exact) mass is 330 g/mol. The summed E-state index contributed by atoms with van der Waals surface area (Å²) in [7, 11) is 1.40.